The summed E-state index contributed by atoms with van der Waals surface area (Å²) in [4.78, 5) is 37.8. The van der Waals surface area contributed by atoms with E-state index in [2.05, 4.69) is 20.8 Å². The van der Waals surface area contributed by atoms with E-state index in [4.69, 9.17) is 10.5 Å². The number of primary amides is 1. The van der Waals surface area contributed by atoms with Gasteiger partial charge < -0.3 is 15.8 Å². The summed E-state index contributed by atoms with van der Waals surface area (Å²) in [6, 6.07) is 10.0. The summed E-state index contributed by atoms with van der Waals surface area (Å²) < 4.78 is 5.11. The number of pyridine rings is 1. The van der Waals surface area contributed by atoms with E-state index in [-0.39, 0.29) is 13.2 Å². The molecule has 1 aromatic heterocycles. The molecular formula is C17H17N5O4. The number of hydrazone groups is 1. The fourth-order valence-electron chi connectivity index (χ4n) is 1.78. The van der Waals surface area contributed by atoms with Crippen LogP contribution in [0.2, 0.25) is 0 Å². The highest BCUT2D eigenvalue weighted by Gasteiger charge is 2.11. The first-order valence-electron chi connectivity index (χ1n) is 7.56. The summed E-state index contributed by atoms with van der Waals surface area (Å²) >= 11 is 0. The van der Waals surface area contributed by atoms with Crippen LogP contribution in [0.15, 0.2) is 53.9 Å². The second-order valence-corrected chi connectivity index (χ2v) is 5.06. The minimum absolute atomic E-state index is 0.210. The number of hydrogen-bond donors (Lipinski definition) is 3. The summed E-state index contributed by atoms with van der Waals surface area (Å²) in [5.41, 5.74) is 8.60. The number of carbonyl (C=O) groups excluding carboxylic acids is 3. The number of amides is 3. The molecule has 2 rings (SSSR count). The average molecular weight is 355 g/mol. The molecule has 0 bridgehead atoms. The SMILES string of the molecule is NC(=O)COc1ccc(/C=N\NC(=O)C(=O)NCc2ccncc2)cc1. The summed E-state index contributed by atoms with van der Waals surface area (Å²) in [6.07, 6.45) is 4.55. The van der Waals surface area contributed by atoms with E-state index in [1.165, 1.54) is 6.21 Å². The Hall–Kier alpha value is -3.75. The van der Waals surface area contributed by atoms with Crippen LogP contribution in [0.25, 0.3) is 0 Å². The molecule has 134 valence electrons. The standard InChI is InChI=1S/C17H17N5O4/c18-15(23)11-26-14-3-1-12(2-4-14)10-21-22-17(25)16(24)20-9-13-5-7-19-8-6-13/h1-8,10H,9,11H2,(H2,18,23)(H,20,24)(H,22,25)/b21-10-. The highest BCUT2D eigenvalue weighted by atomic mass is 16.5. The summed E-state index contributed by atoms with van der Waals surface area (Å²) in [6.45, 7) is 0.00332. The third-order valence-corrected chi connectivity index (χ3v) is 3.05. The molecule has 0 unspecified atom stereocenters. The van der Waals surface area contributed by atoms with E-state index in [0.717, 1.165) is 5.56 Å². The van der Waals surface area contributed by atoms with E-state index in [0.29, 0.717) is 11.3 Å². The highest BCUT2D eigenvalue weighted by molar-refractivity contribution is 6.35. The number of nitrogens with two attached hydrogens (primary N) is 1. The van der Waals surface area contributed by atoms with Gasteiger partial charge in [0, 0.05) is 18.9 Å². The number of carbonyl (C=O) groups is 3. The third kappa shape index (κ3) is 6.40. The van der Waals surface area contributed by atoms with Crippen molar-refractivity contribution in [1.82, 2.24) is 15.7 Å². The molecule has 0 saturated heterocycles. The van der Waals surface area contributed by atoms with Gasteiger partial charge in [-0.1, -0.05) is 0 Å². The van der Waals surface area contributed by atoms with Gasteiger partial charge in [0.1, 0.15) is 5.75 Å². The molecule has 2 aromatic rings. The number of benzene rings is 1. The Morgan fingerprint density at radius 3 is 2.42 bits per heavy atom. The van der Waals surface area contributed by atoms with Crippen molar-refractivity contribution in [3.63, 3.8) is 0 Å². The van der Waals surface area contributed by atoms with Gasteiger partial charge in [-0.25, -0.2) is 5.43 Å². The van der Waals surface area contributed by atoms with Gasteiger partial charge in [-0.15, -0.1) is 0 Å². The maximum absolute atomic E-state index is 11.7. The van der Waals surface area contributed by atoms with Crippen molar-refractivity contribution in [3.05, 3.63) is 59.9 Å². The minimum Gasteiger partial charge on any atom is -0.484 e. The number of rotatable bonds is 7. The fourth-order valence-corrected chi connectivity index (χ4v) is 1.78. The van der Waals surface area contributed by atoms with Crippen LogP contribution in [0, 0.1) is 0 Å². The molecule has 9 heteroatoms. The molecule has 0 aliphatic carbocycles. The van der Waals surface area contributed by atoms with Crippen molar-refractivity contribution in [2.75, 3.05) is 6.61 Å². The Bertz CT molecular complexity index is 791. The molecule has 0 saturated carbocycles. The van der Waals surface area contributed by atoms with Crippen molar-refractivity contribution in [2.24, 2.45) is 10.8 Å². The van der Waals surface area contributed by atoms with Gasteiger partial charge in [0.25, 0.3) is 5.91 Å². The predicted molar refractivity (Wildman–Crippen MR) is 93.0 cm³/mol. The summed E-state index contributed by atoms with van der Waals surface area (Å²) in [5, 5.41) is 6.18. The van der Waals surface area contributed by atoms with Crippen molar-refractivity contribution < 1.29 is 19.1 Å². The number of ether oxygens (including phenoxy) is 1. The van der Waals surface area contributed by atoms with E-state index < -0.39 is 17.7 Å². The Kier molecular flexibility index (Phi) is 6.81. The zero-order valence-corrected chi connectivity index (χ0v) is 13.7. The normalized spacial score (nSPS) is 10.3. The Morgan fingerprint density at radius 1 is 1.08 bits per heavy atom. The van der Waals surface area contributed by atoms with Gasteiger partial charge >= 0.3 is 11.8 Å². The molecule has 0 atom stereocenters. The van der Waals surface area contributed by atoms with Gasteiger partial charge in [0.2, 0.25) is 0 Å². The predicted octanol–water partition coefficient (Wildman–Crippen LogP) is -0.288. The topological polar surface area (TPSA) is 136 Å². The van der Waals surface area contributed by atoms with Crippen LogP contribution in [0.4, 0.5) is 0 Å². The van der Waals surface area contributed by atoms with Gasteiger partial charge in [-0.3, -0.25) is 19.4 Å². The first-order chi connectivity index (χ1) is 12.5. The zero-order chi connectivity index (χ0) is 18.8. The molecule has 4 N–H and O–H groups in total. The smallest absolute Gasteiger partial charge is 0.329 e. The Morgan fingerprint density at radius 2 is 1.77 bits per heavy atom. The Labute approximate surface area is 149 Å². The van der Waals surface area contributed by atoms with E-state index in [9.17, 15) is 14.4 Å². The van der Waals surface area contributed by atoms with Crippen LogP contribution in [0.5, 0.6) is 5.75 Å². The lowest BCUT2D eigenvalue weighted by Gasteiger charge is -2.04. The summed E-state index contributed by atoms with van der Waals surface area (Å²) in [5.74, 6) is -1.77. The molecule has 0 spiro atoms. The number of nitrogens with one attached hydrogen (secondary N) is 2. The van der Waals surface area contributed by atoms with Gasteiger partial charge in [0.05, 0.1) is 6.21 Å². The monoisotopic (exact) mass is 355 g/mol. The van der Waals surface area contributed by atoms with Crippen molar-refractivity contribution in [3.8, 4) is 5.75 Å². The van der Waals surface area contributed by atoms with Crippen LogP contribution < -0.4 is 21.2 Å². The molecular weight excluding hydrogens is 338 g/mol. The molecule has 9 nitrogen and oxygen atoms in total. The quantitative estimate of drug-likeness (QED) is 0.356. The largest absolute Gasteiger partial charge is 0.484 e. The lowest BCUT2D eigenvalue weighted by Crippen LogP contribution is -2.37. The Balaban J connectivity index is 1.77. The van der Waals surface area contributed by atoms with Crippen molar-refractivity contribution in [1.29, 1.82) is 0 Å². The van der Waals surface area contributed by atoms with Gasteiger partial charge in [0.15, 0.2) is 6.61 Å². The van der Waals surface area contributed by atoms with Crippen LogP contribution in [-0.4, -0.2) is 35.5 Å². The average Bonchev–Trinajstić information content (AvgIpc) is 2.66. The van der Waals surface area contributed by atoms with Crippen LogP contribution in [-0.2, 0) is 20.9 Å². The van der Waals surface area contributed by atoms with Crippen LogP contribution in [0.1, 0.15) is 11.1 Å². The zero-order valence-electron chi connectivity index (χ0n) is 13.7. The molecule has 0 aliphatic heterocycles. The first kappa shape index (κ1) is 18.6. The molecule has 1 heterocycles. The van der Waals surface area contributed by atoms with E-state index in [1.807, 2.05) is 0 Å². The van der Waals surface area contributed by atoms with E-state index >= 15 is 0 Å². The lowest BCUT2D eigenvalue weighted by atomic mass is 10.2. The minimum atomic E-state index is -0.878. The molecule has 1 aromatic carbocycles. The fraction of sp³-hybridized carbons (Fsp3) is 0.118. The molecule has 0 fully saturated rings. The number of hydrogen-bond acceptors (Lipinski definition) is 6. The number of nitrogens with zero attached hydrogens (tertiary/aromatic N) is 2. The van der Waals surface area contributed by atoms with Gasteiger partial charge in [-0.2, -0.15) is 5.10 Å². The highest BCUT2D eigenvalue weighted by Crippen LogP contribution is 2.10. The lowest BCUT2D eigenvalue weighted by molar-refractivity contribution is -0.139. The van der Waals surface area contributed by atoms with Crippen LogP contribution >= 0.6 is 0 Å². The molecule has 0 aliphatic rings. The van der Waals surface area contributed by atoms with E-state index in [1.54, 1.807) is 48.8 Å². The van der Waals surface area contributed by atoms with Crippen molar-refractivity contribution in [2.45, 2.75) is 6.54 Å². The second kappa shape index (κ2) is 9.52. The van der Waals surface area contributed by atoms with Crippen LogP contribution in [0.3, 0.4) is 0 Å². The first-order valence-corrected chi connectivity index (χ1v) is 7.56. The number of aromatic nitrogens is 1. The molecule has 3 amide bonds. The maximum atomic E-state index is 11.7. The summed E-state index contributed by atoms with van der Waals surface area (Å²) in [7, 11) is 0. The molecule has 26 heavy (non-hydrogen) atoms. The molecule has 0 radical (unpaired) electrons. The third-order valence-electron chi connectivity index (χ3n) is 3.05. The van der Waals surface area contributed by atoms with Gasteiger partial charge in [-0.05, 0) is 47.5 Å². The second-order valence-electron chi connectivity index (χ2n) is 5.06. The maximum Gasteiger partial charge on any atom is 0.329 e. The van der Waals surface area contributed by atoms with Crippen molar-refractivity contribution >= 4 is 23.9 Å².